The molecule has 0 bridgehead atoms. The van der Waals surface area contributed by atoms with Gasteiger partial charge in [-0.05, 0) is 24.7 Å². The van der Waals surface area contributed by atoms with Gasteiger partial charge in [0.15, 0.2) is 0 Å². The van der Waals surface area contributed by atoms with E-state index in [1.54, 1.807) is 0 Å². The van der Waals surface area contributed by atoms with Gasteiger partial charge in [-0.2, -0.15) is 0 Å². The molecule has 7 heteroatoms. The predicted octanol–water partition coefficient (Wildman–Crippen LogP) is 3.05. The monoisotopic (exact) mass is 331 g/mol. The van der Waals surface area contributed by atoms with Crippen LogP contribution in [0.15, 0.2) is 60.7 Å². The molecule has 0 heterocycles. The van der Waals surface area contributed by atoms with Crippen LogP contribution in [0.5, 0.6) is 0 Å². The maximum absolute atomic E-state index is 9.75. The van der Waals surface area contributed by atoms with E-state index in [2.05, 4.69) is 66.4 Å². The van der Waals surface area contributed by atoms with Crippen LogP contribution in [0.1, 0.15) is 6.42 Å². The van der Waals surface area contributed by atoms with Crippen LogP contribution in [-0.2, 0) is 0 Å². The molecule has 2 aromatic carbocycles. The summed E-state index contributed by atoms with van der Waals surface area (Å²) in [4.78, 5) is 0. The van der Waals surface area contributed by atoms with Crippen LogP contribution in [0.2, 0.25) is 0 Å². The van der Waals surface area contributed by atoms with Gasteiger partial charge >= 0.3 is 7.25 Å². The Hall–Kier alpha value is -1.39. The largest absolute Gasteiger partial charge is 0.673 e. The van der Waals surface area contributed by atoms with E-state index in [1.165, 1.54) is 23.2 Å². The average molecular weight is 331 g/mol. The second-order valence-electron chi connectivity index (χ2n) is 4.52. The summed E-state index contributed by atoms with van der Waals surface area (Å²) in [6.45, 7) is 1.03. The lowest BCUT2D eigenvalue weighted by Gasteiger charge is -2.17. The molecule has 0 aromatic heterocycles. The first-order valence-electron chi connectivity index (χ1n) is 6.96. The Morgan fingerprint density at radius 2 is 1.14 bits per heavy atom. The summed E-state index contributed by atoms with van der Waals surface area (Å²) < 4.78 is 39.0. The third kappa shape index (κ3) is 8.15. The number of hydrogen-bond acceptors (Lipinski definition) is 0. The number of halogens is 4. The molecule has 0 aliphatic carbocycles. The Kier molecular flexibility index (Phi) is 8.14. The van der Waals surface area contributed by atoms with Gasteiger partial charge < -0.3 is 23.0 Å². The van der Waals surface area contributed by atoms with Gasteiger partial charge in [-0.15, -0.1) is 0 Å². The third-order valence-electron chi connectivity index (χ3n) is 2.77. The standard InChI is InChI=1S/C15H18NP.BF4/c16-12-7-13-17(14-8-3-1-4-9-14)15-10-5-2-6-11-15;2-1(3,4)5/h1-6,8-11H,7,12-13,16H2;/q;-1/p+1. The SMILES string of the molecule is F[B-](F)(F)F.[NH3+]CCCP(c1ccccc1)c1ccccc1. The first-order valence-corrected chi connectivity index (χ1v) is 8.48. The number of rotatable bonds is 5. The Morgan fingerprint density at radius 1 is 0.773 bits per heavy atom. The first kappa shape index (κ1) is 18.7. The van der Waals surface area contributed by atoms with Crippen LogP contribution in [-0.4, -0.2) is 20.0 Å². The Labute approximate surface area is 129 Å². The van der Waals surface area contributed by atoms with Crippen LogP contribution in [0, 0.1) is 0 Å². The lowest BCUT2D eigenvalue weighted by molar-refractivity contribution is -0.367. The number of benzene rings is 2. The summed E-state index contributed by atoms with van der Waals surface area (Å²) in [6.07, 6.45) is 2.45. The highest BCUT2D eigenvalue weighted by molar-refractivity contribution is 7.73. The van der Waals surface area contributed by atoms with Crippen molar-refractivity contribution in [2.75, 3.05) is 12.7 Å². The molecule has 2 rings (SSSR count). The molecule has 0 aliphatic rings. The van der Waals surface area contributed by atoms with E-state index in [1.807, 2.05) is 0 Å². The molecular formula is C15H19BF4NP. The summed E-state index contributed by atoms with van der Waals surface area (Å²) in [5, 5.41) is 2.95. The van der Waals surface area contributed by atoms with Crippen LogP contribution < -0.4 is 16.3 Å². The van der Waals surface area contributed by atoms with Crippen molar-refractivity contribution in [3.63, 3.8) is 0 Å². The molecule has 0 spiro atoms. The van der Waals surface area contributed by atoms with Gasteiger partial charge in [-0.1, -0.05) is 60.7 Å². The highest BCUT2D eigenvalue weighted by atomic mass is 31.1. The van der Waals surface area contributed by atoms with Crippen molar-refractivity contribution >= 4 is 25.8 Å². The van der Waals surface area contributed by atoms with Gasteiger partial charge in [0.05, 0.1) is 6.54 Å². The maximum Gasteiger partial charge on any atom is 0.673 e. The summed E-state index contributed by atoms with van der Waals surface area (Å²) >= 11 is 0. The molecule has 0 atom stereocenters. The second-order valence-corrected chi connectivity index (χ2v) is 6.86. The summed E-state index contributed by atoms with van der Waals surface area (Å²) in [5.41, 5.74) is 3.96. The van der Waals surface area contributed by atoms with Crippen molar-refractivity contribution in [3.05, 3.63) is 60.7 Å². The molecule has 0 aliphatic heterocycles. The molecule has 22 heavy (non-hydrogen) atoms. The molecule has 0 fully saturated rings. The number of quaternary nitrogens is 1. The Morgan fingerprint density at radius 3 is 1.45 bits per heavy atom. The van der Waals surface area contributed by atoms with Gasteiger partial charge in [0.1, 0.15) is 0 Å². The lowest BCUT2D eigenvalue weighted by Crippen LogP contribution is -2.50. The Bertz CT molecular complexity index is 477. The molecule has 3 N–H and O–H groups in total. The second kappa shape index (κ2) is 9.60. The van der Waals surface area contributed by atoms with Crippen LogP contribution in [0.25, 0.3) is 0 Å². The molecule has 0 radical (unpaired) electrons. The van der Waals surface area contributed by atoms with E-state index < -0.39 is 7.25 Å². The quantitative estimate of drug-likeness (QED) is 0.496. The lowest BCUT2D eigenvalue weighted by atomic mass is 10.3. The highest BCUT2D eigenvalue weighted by Crippen LogP contribution is 2.33. The summed E-state index contributed by atoms with van der Waals surface area (Å²) in [7, 11) is -6.20. The van der Waals surface area contributed by atoms with E-state index in [0.29, 0.717) is 0 Å². The summed E-state index contributed by atoms with van der Waals surface area (Å²) in [6, 6.07) is 21.7. The van der Waals surface area contributed by atoms with E-state index in [-0.39, 0.29) is 7.92 Å². The molecule has 0 saturated carbocycles. The van der Waals surface area contributed by atoms with Crippen LogP contribution in [0.4, 0.5) is 17.3 Å². The molecule has 0 unspecified atom stereocenters. The minimum Gasteiger partial charge on any atom is -0.418 e. The molecule has 1 nitrogen and oxygen atoms in total. The fourth-order valence-electron chi connectivity index (χ4n) is 1.89. The zero-order chi connectivity index (χ0) is 16.4. The van der Waals surface area contributed by atoms with E-state index in [0.717, 1.165) is 6.54 Å². The topological polar surface area (TPSA) is 27.6 Å². The zero-order valence-electron chi connectivity index (χ0n) is 12.1. The maximum atomic E-state index is 9.75. The number of hydrogen-bond donors (Lipinski definition) is 1. The Balaban J connectivity index is 0.000000422. The van der Waals surface area contributed by atoms with E-state index in [4.69, 9.17) is 0 Å². The minimum absolute atomic E-state index is 0.197. The van der Waals surface area contributed by atoms with Gasteiger partial charge in [0.2, 0.25) is 0 Å². The molecule has 0 saturated heterocycles. The van der Waals surface area contributed by atoms with Crippen molar-refractivity contribution in [3.8, 4) is 0 Å². The zero-order valence-corrected chi connectivity index (χ0v) is 13.0. The van der Waals surface area contributed by atoms with Crippen molar-refractivity contribution < 1.29 is 23.0 Å². The van der Waals surface area contributed by atoms with Crippen molar-refractivity contribution in [1.82, 2.24) is 0 Å². The first-order chi connectivity index (χ1) is 10.4. The fraction of sp³-hybridized carbons (Fsp3) is 0.200. The van der Waals surface area contributed by atoms with Gasteiger partial charge in [0.25, 0.3) is 0 Å². The van der Waals surface area contributed by atoms with Gasteiger partial charge in [-0.25, -0.2) is 0 Å². The molecular weight excluding hydrogens is 312 g/mol. The highest BCUT2D eigenvalue weighted by Gasteiger charge is 2.20. The van der Waals surface area contributed by atoms with Gasteiger partial charge in [0, 0.05) is 6.42 Å². The van der Waals surface area contributed by atoms with Crippen LogP contribution >= 0.6 is 7.92 Å². The minimum atomic E-state index is -6.00. The van der Waals surface area contributed by atoms with E-state index >= 15 is 0 Å². The van der Waals surface area contributed by atoms with E-state index in [9.17, 15) is 17.3 Å². The average Bonchev–Trinajstić information content (AvgIpc) is 2.48. The molecule has 120 valence electrons. The predicted molar refractivity (Wildman–Crippen MR) is 86.5 cm³/mol. The van der Waals surface area contributed by atoms with Crippen molar-refractivity contribution in [2.24, 2.45) is 0 Å². The van der Waals surface area contributed by atoms with Crippen molar-refractivity contribution in [2.45, 2.75) is 6.42 Å². The summed E-state index contributed by atoms with van der Waals surface area (Å²) in [5.74, 6) is 0. The third-order valence-corrected chi connectivity index (χ3v) is 5.37. The molecule has 0 amide bonds. The smallest absolute Gasteiger partial charge is 0.418 e. The van der Waals surface area contributed by atoms with Crippen molar-refractivity contribution in [1.29, 1.82) is 0 Å². The fourth-order valence-corrected chi connectivity index (χ4v) is 4.31. The normalized spacial score (nSPS) is 11.0. The van der Waals surface area contributed by atoms with Gasteiger partial charge in [-0.3, -0.25) is 0 Å². The molecule has 2 aromatic rings. The van der Waals surface area contributed by atoms with Crippen LogP contribution in [0.3, 0.4) is 0 Å².